The van der Waals surface area contributed by atoms with Crippen LogP contribution in [-0.4, -0.2) is 12.4 Å². The molecule has 0 aromatic heterocycles. The van der Waals surface area contributed by atoms with Gasteiger partial charge in [-0.05, 0) is 61.7 Å². The van der Waals surface area contributed by atoms with Crippen molar-refractivity contribution >= 4 is 0 Å². The van der Waals surface area contributed by atoms with Gasteiger partial charge in [0.1, 0.15) is 0 Å². The molecule has 0 spiro atoms. The van der Waals surface area contributed by atoms with Crippen molar-refractivity contribution in [3.05, 3.63) is 0 Å². The Kier molecular flexibility index (Phi) is 2.80. The Bertz CT molecular complexity index is 379. The lowest BCUT2D eigenvalue weighted by atomic mass is 9.37. The maximum Gasteiger partial charge on any atom is 0.403 e. The van der Waals surface area contributed by atoms with E-state index in [-0.39, 0.29) is 43.9 Å². The monoisotopic (exact) mass is 300 g/mol. The molecule has 4 saturated carbocycles. The third-order valence-corrected chi connectivity index (χ3v) is 6.28. The first-order valence-electron chi connectivity index (χ1n) is 7.21. The maximum atomic E-state index is 13.7. The van der Waals surface area contributed by atoms with Crippen LogP contribution in [0.15, 0.2) is 0 Å². The van der Waals surface area contributed by atoms with Crippen LogP contribution in [0.3, 0.4) is 0 Å². The highest BCUT2D eigenvalue weighted by Crippen LogP contribution is 2.77. The highest BCUT2D eigenvalue weighted by molar-refractivity contribution is 5.18. The summed E-state index contributed by atoms with van der Waals surface area (Å²) in [6, 6.07) is 0. The zero-order chi connectivity index (χ0) is 15.0. The van der Waals surface area contributed by atoms with Gasteiger partial charge in [-0.1, -0.05) is 6.92 Å². The molecule has 0 N–H and O–H groups in total. The molecule has 0 saturated heterocycles. The molecule has 2 unspecified atom stereocenters. The zero-order valence-electron chi connectivity index (χ0n) is 11.2. The average Bonchev–Trinajstić information content (AvgIpc) is 2.23. The molecule has 4 bridgehead atoms. The SMILES string of the molecule is CCC12CC3CC(CC(C3)C1(C(F)(F)F)C(F)(F)F)C2. The van der Waals surface area contributed by atoms with E-state index >= 15 is 0 Å². The quantitative estimate of drug-likeness (QED) is 0.574. The molecule has 4 fully saturated rings. The van der Waals surface area contributed by atoms with Gasteiger partial charge in [0.15, 0.2) is 5.41 Å². The lowest BCUT2D eigenvalue weighted by molar-refractivity contribution is -0.426. The fraction of sp³-hybridized carbons (Fsp3) is 1.00. The molecule has 0 aromatic carbocycles. The van der Waals surface area contributed by atoms with Crippen LogP contribution < -0.4 is 0 Å². The molecule has 0 nitrogen and oxygen atoms in total. The molecule has 0 radical (unpaired) electrons. The van der Waals surface area contributed by atoms with Gasteiger partial charge in [-0.25, -0.2) is 0 Å². The van der Waals surface area contributed by atoms with Crippen LogP contribution >= 0.6 is 0 Å². The molecule has 2 atom stereocenters. The second-order valence-electron chi connectivity index (χ2n) is 6.98. The summed E-state index contributed by atoms with van der Waals surface area (Å²) in [6.07, 6.45) is -9.25. The van der Waals surface area contributed by atoms with Gasteiger partial charge in [0, 0.05) is 0 Å². The van der Waals surface area contributed by atoms with E-state index in [2.05, 4.69) is 0 Å². The van der Waals surface area contributed by atoms with Crippen LogP contribution in [0.2, 0.25) is 0 Å². The van der Waals surface area contributed by atoms with Gasteiger partial charge >= 0.3 is 12.4 Å². The number of alkyl halides is 6. The summed E-state index contributed by atoms with van der Waals surface area (Å²) < 4.78 is 82.0. The van der Waals surface area contributed by atoms with Crippen molar-refractivity contribution < 1.29 is 26.3 Å². The molecular weight excluding hydrogens is 282 g/mol. The number of hydrogen-bond donors (Lipinski definition) is 0. The van der Waals surface area contributed by atoms with E-state index in [1.807, 2.05) is 0 Å². The van der Waals surface area contributed by atoms with Crippen molar-refractivity contribution in [2.75, 3.05) is 0 Å². The minimum Gasteiger partial charge on any atom is -0.170 e. The van der Waals surface area contributed by atoms with E-state index in [1.165, 1.54) is 6.92 Å². The van der Waals surface area contributed by atoms with E-state index in [0.29, 0.717) is 0 Å². The summed E-state index contributed by atoms with van der Waals surface area (Å²) >= 11 is 0. The van der Waals surface area contributed by atoms with Crippen molar-refractivity contribution in [1.82, 2.24) is 0 Å². The van der Waals surface area contributed by atoms with Crippen LogP contribution in [0.5, 0.6) is 0 Å². The summed E-state index contributed by atoms with van der Waals surface area (Å²) in [5, 5.41) is 0. The van der Waals surface area contributed by atoms with Gasteiger partial charge in [0.25, 0.3) is 0 Å². The fourth-order valence-corrected chi connectivity index (χ4v) is 5.99. The predicted molar refractivity (Wildman–Crippen MR) is 60.8 cm³/mol. The first kappa shape index (κ1) is 14.5. The zero-order valence-corrected chi connectivity index (χ0v) is 11.2. The van der Waals surface area contributed by atoms with Crippen molar-refractivity contribution in [3.63, 3.8) is 0 Å². The Hall–Kier alpha value is -0.420. The minimum absolute atomic E-state index is 0.0322. The highest BCUT2D eigenvalue weighted by atomic mass is 19.4. The van der Waals surface area contributed by atoms with Crippen molar-refractivity contribution in [3.8, 4) is 0 Å². The average molecular weight is 300 g/mol. The lowest BCUT2D eigenvalue weighted by Crippen LogP contribution is -2.71. The Morgan fingerprint density at radius 2 is 1.30 bits per heavy atom. The summed E-state index contributed by atoms with van der Waals surface area (Å²) in [4.78, 5) is 0. The van der Waals surface area contributed by atoms with E-state index in [1.54, 1.807) is 0 Å². The summed E-state index contributed by atoms with van der Waals surface area (Å²) in [6.45, 7) is 1.50. The molecule has 0 amide bonds. The lowest BCUT2D eigenvalue weighted by Gasteiger charge is -2.67. The van der Waals surface area contributed by atoms with Crippen LogP contribution in [-0.2, 0) is 0 Å². The van der Waals surface area contributed by atoms with Gasteiger partial charge in [-0.3, -0.25) is 0 Å². The Morgan fingerprint density at radius 1 is 0.850 bits per heavy atom. The number of rotatable bonds is 1. The molecule has 20 heavy (non-hydrogen) atoms. The van der Waals surface area contributed by atoms with Crippen molar-refractivity contribution in [2.24, 2.45) is 28.6 Å². The van der Waals surface area contributed by atoms with Crippen LogP contribution in [0.4, 0.5) is 26.3 Å². The fourth-order valence-electron chi connectivity index (χ4n) is 5.99. The van der Waals surface area contributed by atoms with Crippen LogP contribution in [0.25, 0.3) is 0 Å². The third kappa shape index (κ3) is 1.46. The Labute approximate surface area is 113 Å². The highest BCUT2D eigenvalue weighted by Gasteiger charge is 2.84. The predicted octanol–water partition coefficient (Wildman–Crippen LogP) is 5.33. The van der Waals surface area contributed by atoms with Crippen LogP contribution in [0, 0.1) is 28.6 Å². The molecule has 0 heterocycles. The van der Waals surface area contributed by atoms with Gasteiger partial charge < -0.3 is 0 Å². The molecule has 6 heteroatoms. The summed E-state index contributed by atoms with van der Waals surface area (Å²) in [5.74, 6) is -1.15. The molecule has 0 aromatic rings. The molecular formula is C14H18F6. The van der Waals surface area contributed by atoms with Gasteiger partial charge in [-0.15, -0.1) is 0 Å². The molecule has 4 rings (SSSR count). The second kappa shape index (κ2) is 3.86. The molecule has 4 aliphatic rings. The van der Waals surface area contributed by atoms with E-state index in [4.69, 9.17) is 0 Å². The normalized spacial score (nSPS) is 43.0. The Balaban J connectivity index is 2.22. The van der Waals surface area contributed by atoms with Crippen molar-refractivity contribution in [1.29, 1.82) is 0 Å². The van der Waals surface area contributed by atoms with Gasteiger partial charge in [0.05, 0.1) is 0 Å². The standard InChI is InChI=1S/C14H18F6/c1-2-11-6-8-3-9(7-11)5-10(4-8)12(11,13(15,16)17)14(18,19)20/h8-10H,2-7H2,1H3. The molecule has 0 aliphatic heterocycles. The smallest absolute Gasteiger partial charge is 0.170 e. The topological polar surface area (TPSA) is 0 Å². The number of halogens is 6. The Morgan fingerprint density at radius 3 is 1.65 bits per heavy atom. The largest absolute Gasteiger partial charge is 0.403 e. The van der Waals surface area contributed by atoms with Gasteiger partial charge in [0.2, 0.25) is 0 Å². The third-order valence-electron chi connectivity index (χ3n) is 6.28. The summed E-state index contributed by atoms with van der Waals surface area (Å²) in [7, 11) is 0. The molecule has 116 valence electrons. The first-order valence-corrected chi connectivity index (χ1v) is 7.21. The maximum absolute atomic E-state index is 13.7. The minimum atomic E-state index is -5.21. The van der Waals surface area contributed by atoms with Crippen LogP contribution in [0.1, 0.15) is 45.4 Å². The van der Waals surface area contributed by atoms with E-state index in [9.17, 15) is 26.3 Å². The molecule has 4 aliphatic carbocycles. The first-order chi connectivity index (χ1) is 9.07. The van der Waals surface area contributed by atoms with E-state index < -0.39 is 29.1 Å². The number of hydrogen-bond acceptors (Lipinski definition) is 0. The van der Waals surface area contributed by atoms with E-state index in [0.717, 1.165) is 6.42 Å². The van der Waals surface area contributed by atoms with Crippen molar-refractivity contribution in [2.45, 2.75) is 57.8 Å². The van der Waals surface area contributed by atoms with Gasteiger partial charge in [-0.2, -0.15) is 26.3 Å². The second-order valence-corrected chi connectivity index (χ2v) is 6.98. The summed E-state index contributed by atoms with van der Waals surface area (Å²) in [5.41, 5.74) is -5.10.